The van der Waals surface area contributed by atoms with Crippen LogP contribution < -0.4 is 5.32 Å². The first kappa shape index (κ1) is 23.5. The number of rotatable bonds is 8. The van der Waals surface area contributed by atoms with Crippen LogP contribution in [-0.2, 0) is 20.9 Å². The second-order valence-corrected chi connectivity index (χ2v) is 8.26. The molecule has 2 amide bonds. The van der Waals surface area contributed by atoms with Crippen molar-refractivity contribution in [3.05, 3.63) is 35.9 Å². The number of nitrogens with one attached hydrogen (secondary N) is 1. The van der Waals surface area contributed by atoms with Crippen molar-refractivity contribution in [3.63, 3.8) is 0 Å². The number of carbonyl (C=O) groups is 3. The molecule has 0 saturated heterocycles. The van der Waals surface area contributed by atoms with Crippen LogP contribution >= 0.6 is 0 Å². The molecule has 1 rings (SSSR count). The van der Waals surface area contributed by atoms with Crippen molar-refractivity contribution in [3.8, 4) is 0 Å². The van der Waals surface area contributed by atoms with Gasteiger partial charge in [0.05, 0.1) is 0 Å². The third kappa shape index (κ3) is 6.87. The first-order chi connectivity index (χ1) is 12.9. The Hall–Kier alpha value is -2.57. The summed E-state index contributed by atoms with van der Waals surface area (Å²) < 4.78 is 5.26. The summed E-state index contributed by atoms with van der Waals surface area (Å²) in [7, 11) is 0. The van der Waals surface area contributed by atoms with Crippen molar-refractivity contribution in [2.24, 2.45) is 0 Å². The smallest absolute Gasteiger partial charge is 0.408 e. The molecule has 0 fully saturated rings. The molecule has 7 heteroatoms. The largest absolute Gasteiger partial charge is 0.480 e. The van der Waals surface area contributed by atoms with E-state index in [9.17, 15) is 19.5 Å². The van der Waals surface area contributed by atoms with Gasteiger partial charge in [0, 0.05) is 6.54 Å². The molecular formula is C21H32N2O5. The Balaban J connectivity index is 3.15. The minimum atomic E-state index is -1.45. The fraction of sp³-hybridized carbons (Fsp3) is 0.571. The third-order valence-corrected chi connectivity index (χ3v) is 4.21. The van der Waals surface area contributed by atoms with Gasteiger partial charge >= 0.3 is 12.1 Å². The number of amides is 2. The van der Waals surface area contributed by atoms with E-state index in [0.717, 1.165) is 5.56 Å². The highest BCUT2D eigenvalue weighted by Crippen LogP contribution is 2.21. The fourth-order valence-electron chi connectivity index (χ4n) is 2.62. The predicted molar refractivity (Wildman–Crippen MR) is 107 cm³/mol. The van der Waals surface area contributed by atoms with Crippen LogP contribution in [0.15, 0.2) is 30.3 Å². The van der Waals surface area contributed by atoms with Gasteiger partial charge in [-0.2, -0.15) is 0 Å². The maximum absolute atomic E-state index is 13.3. The molecule has 0 saturated carbocycles. The molecule has 1 unspecified atom stereocenters. The van der Waals surface area contributed by atoms with Gasteiger partial charge in [-0.3, -0.25) is 4.79 Å². The monoisotopic (exact) mass is 392 g/mol. The summed E-state index contributed by atoms with van der Waals surface area (Å²) in [5, 5.41) is 12.3. The van der Waals surface area contributed by atoms with E-state index >= 15 is 0 Å². The van der Waals surface area contributed by atoms with E-state index in [4.69, 9.17) is 4.74 Å². The van der Waals surface area contributed by atoms with Crippen LogP contribution in [0.25, 0.3) is 0 Å². The Kier molecular flexibility index (Phi) is 8.02. The van der Waals surface area contributed by atoms with Gasteiger partial charge in [-0.15, -0.1) is 0 Å². The average molecular weight is 392 g/mol. The molecule has 0 aromatic heterocycles. The number of carboxylic acids is 1. The Morgan fingerprint density at radius 1 is 1.11 bits per heavy atom. The fourth-order valence-corrected chi connectivity index (χ4v) is 2.62. The third-order valence-electron chi connectivity index (χ3n) is 4.21. The minimum absolute atomic E-state index is 0.120. The van der Waals surface area contributed by atoms with Crippen molar-refractivity contribution in [1.82, 2.24) is 10.2 Å². The number of hydrogen-bond acceptors (Lipinski definition) is 4. The standard InChI is InChI=1S/C21H32N2O5/c1-7-11-16(22-19(27)28-20(2,3)4)17(24)23(21(5,6)18(25)26)14-15-12-9-8-10-13-15/h8-10,12-13,16H,7,11,14H2,1-6H3,(H,22,27)(H,25,26). The quantitative estimate of drug-likeness (QED) is 0.705. The average Bonchev–Trinajstić information content (AvgIpc) is 2.57. The van der Waals surface area contributed by atoms with Crippen LogP contribution in [0.5, 0.6) is 0 Å². The maximum atomic E-state index is 13.3. The molecule has 0 radical (unpaired) electrons. The summed E-state index contributed by atoms with van der Waals surface area (Å²) in [5.41, 5.74) is -1.35. The van der Waals surface area contributed by atoms with Gasteiger partial charge in [0.15, 0.2) is 0 Å². The van der Waals surface area contributed by atoms with Crippen LogP contribution in [0.1, 0.15) is 59.9 Å². The first-order valence-corrected chi connectivity index (χ1v) is 9.46. The molecule has 0 heterocycles. The molecule has 7 nitrogen and oxygen atoms in total. The molecular weight excluding hydrogens is 360 g/mol. The maximum Gasteiger partial charge on any atom is 0.408 e. The van der Waals surface area contributed by atoms with Gasteiger partial charge in [0.2, 0.25) is 5.91 Å². The van der Waals surface area contributed by atoms with Crippen molar-refractivity contribution in [2.45, 2.75) is 78.1 Å². The highest BCUT2D eigenvalue weighted by Gasteiger charge is 2.40. The number of ether oxygens (including phenoxy) is 1. The van der Waals surface area contributed by atoms with E-state index in [2.05, 4.69) is 5.32 Å². The Labute approximate surface area is 167 Å². The highest BCUT2D eigenvalue weighted by atomic mass is 16.6. The normalized spacial score (nSPS) is 12.8. The van der Waals surface area contributed by atoms with Crippen molar-refractivity contribution in [2.75, 3.05) is 0 Å². The first-order valence-electron chi connectivity index (χ1n) is 9.46. The zero-order valence-electron chi connectivity index (χ0n) is 17.6. The zero-order chi connectivity index (χ0) is 21.5. The molecule has 0 aliphatic carbocycles. The van der Waals surface area contributed by atoms with Gasteiger partial charge in [-0.05, 0) is 46.6 Å². The van der Waals surface area contributed by atoms with Crippen molar-refractivity contribution >= 4 is 18.0 Å². The number of aliphatic carboxylic acids is 1. The van der Waals surface area contributed by atoms with Crippen LogP contribution in [0.2, 0.25) is 0 Å². The number of carboxylic acid groups (broad SMARTS) is 1. The van der Waals surface area contributed by atoms with Crippen LogP contribution in [-0.4, -0.2) is 45.2 Å². The van der Waals surface area contributed by atoms with Gasteiger partial charge in [0.1, 0.15) is 17.2 Å². The van der Waals surface area contributed by atoms with E-state index in [0.29, 0.717) is 12.8 Å². The molecule has 0 aliphatic rings. The number of hydrogen-bond donors (Lipinski definition) is 2. The summed E-state index contributed by atoms with van der Waals surface area (Å²) in [5.74, 6) is -1.58. The summed E-state index contributed by atoms with van der Waals surface area (Å²) in [4.78, 5) is 38.6. The van der Waals surface area contributed by atoms with Crippen molar-refractivity contribution in [1.29, 1.82) is 0 Å². The van der Waals surface area contributed by atoms with Gasteiger partial charge in [-0.25, -0.2) is 9.59 Å². The number of alkyl carbamates (subject to hydrolysis) is 1. The molecule has 156 valence electrons. The Bertz CT molecular complexity index is 680. The molecule has 0 bridgehead atoms. The molecule has 1 aromatic rings. The Morgan fingerprint density at radius 3 is 2.14 bits per heavy atom. The highest BCUT2D eigenvalue weighted by molar-refractivity contribution is 5.91. The molecule has 0 spiro atoms. The van der Waals surface area contributed by atoms with Crippen molar-refractivity contribution < 1.29 is 24.2 Å². The molecule has 1 atom stereocenters. The summed E-state index contributed by atoms with van der Waals surface area (Å²) in [6.07, 6.45) is 0.310. The topological polar surface area (TPSA) is 95.9 Å². The van der Waals surface area contributed by atoms with E-state index in [1.54, 1.807) is 20.8 Å². The zero-order valence-corrected chi connectivity index (χ0v) is 17.6. The molecule has 28 heavy (non-hydrogen) atoms. The lowest BCUT2D eigenvalue weighted by atomic mass is 9.99. The van der Waals surface area contributed by atoms with Gasteiger partial charge in [-0.1, -0.05) is 43.7 Å². The van der Waals surface area contributed by atoms with E-state index in [-0.39, 0.29) is 6.54 Å². The number of nitrogens with zero attached hydrogens (tertiary/aromatic N) is 1. The number of benzene rings is 1. The van der Waals surface area contributed by atoms with Gasteiger partial charge in [0.25, 0.3) is 0 Å². The second kappa shape index (κ2) is 9.57. The lowest BCUT2D eigenvalue weighted by molar-refractivity contribution is -0.158. The summed E-state index contributed by atoms with van der Waals surface area (Å²) in [6, 6.07) is 8.29. The molecule has 2 N–H and O–H groups in total. The molecule has 0 aliphatic heterocycles. The number of carbonyl (C=O) groups excluding carboxylic acids is 2. The molecule has 1 aromatic carbocycles. The lowest BCUT2D eigenvalue weighted by Crippen LogP contribution is -2.58. The minimum Gasteiger partial charge on any atom is -0.480 e. The summed E-state index contributed by atoms with van der Waals surface area (Å²) in [6.45, 7) is 10.2. The van der Waals surface area contributed by atoms with Crippen LogP contribution in [0, 0.1) is 0 Å². The van der Waals surface area contributed by atoms with Gasteiger partial charge < -0.3 is 20.1 Å². The summed E-state index contributed by atoms with van der Waals surface area (Å²) >= 11 is 0. The lowest BCUT2D eigenvalue weighted by Gasteiger charge is -2.37. The second-order valence-electron chi connectivity index (χ2n) is 8.26. The van der Waals surface area contributed by atoms with E-state index < -0.39 is 35.2 Å². The van der Waals surface area contributed by atoms with E-state index in [1.165, 1.54) is 18.7 Å². The predicted octanol–water partition coefficient (Wildman–Crippen LogP) is 3.57. The van der Waals surface area contributed by atoms with Crippen LogP contribution in [0.3, 0.4) is 0 Å². The van der Waals surface area contributed by atoms with E-state index in [1.807, 2.05) is 37.3 Å². The SMILES string of the molecule is CCCC(NC(=O)OC(C)(C)C)C(=O)N(Cc1ccccc1)C(C)(C)C(=O)O. The van der Waals surface area contributed by atoms with Crippen LogP contribution in [0.4, 0.5) is 4.79 Å². The Morgan fingerprint density at radius 2 is 1.68 bits per heavy atom.